The predicted molar refractivity (Wildman–Crippen MR) is 71.7 cm³/mol. The van der Waals surface area contributed by atoms with Crippen LogP contribution in [-0.2, 0) is 6.18 Å². The van der Waals surface area contributed by atoms with Gasteiger partial charge in [-0.15, -0.1) is 0 Å². The van der Waals surface area contributed by atoms with Gasteiger partial charge >= 0.3 is 6.18 Å². The molecule has 0 aromatic heterocycles. The van der Waals surface area contributed by atoms with Gasteiger partial charge in [-0.1, -0.05) is 29.8 Å². The van der Waals surface area contributed by atoms with Gasteiger partial charge in [-0.3, -0.25) is 0 Å². The fraction of sp³-hybridized carbons (Fsp3) is 0.200. The lowest BCUT2D eigenvalue weighted by molar-refractivity contribution is -0.137. The van der Waals surface area contributed by atoms with Crippen molar-refractivity contribution in [3.63, 3.8) is 0 Å². The number of aliphatic hydroxyl groups excluding tert-OH is 1. The molecule has 0 aliphatic heterocycles. The highest BCUT2D eigenvalue weighted by molar-refractivity contribution is 6.30. The number of halogens is 4. The maximum atomic E-state index is 12.5. The summed E-state index contributed by atoms with van der Waals surface area (Å²) >= 11 is 5.91. The third-order valence-electron chi connectivity index (χ3n) is 2.93. The van der Waals surface area contributed by atoms with Crippen molar-refractivity contribution in [3.05, 3.63) is 69.7 Å². The van der Waals surface area contributed by atoms with E-state index >= 15 is 0 Å². The Balaban J connectivity index is 2.31. The third kappa shape index (κ3) is 3.32. The summed E-state index contributed by atoms with van der Waals surface area (Å²) in [6.07, 6.45) is -5.38. The smallest absolute Gasteiger partial charge is 0.384 e. The lowest BCUT2D eigenvalue weighted by atomic mass is 9.99. The molecule has 1 N–H and O–H groups in total. The van der Waals surface area contributed by atoms with Crippen LogP contribution in [0.1, 0.15) is 28.4 Å². The fourth-order valence-corrected chi connectivity index (χ4v) is 2.27. The van der Waals surface area contributed by atoms with Crippen LogP contribution in [0, 0.1) is 6.92 Å². The Kier molecular flexibility index (Phi) is 4.06. The molecule has 5 heteroatoms. The molecule has 1 unspecified atom stereocenters. The van der Waals surface area contributed by atoms with E-state index in [9.17, 15) is 18.3 Å². The van der Waals surface area contributed by atoms with Crippen LogP contribution in [0.4, 0.5) is 13.2 Å². The van der Waals surface area contributed by atoms with Crippen LogP contribution in [0.15, 0.2) is 42.5 Å². The Morgan fingerprint density at radius 1 is 1.00 bits per heavy atom. The second-order valence-corrected chi connectivity index (χ2v) is 5.02. The van der Waals surface area contributed by atoms with Crippen molar-refractivity contribution in [2.75, 3.05) is 0 Å². The molecule has 0 saturated heterocycles. The number of hydrogen-bond donors (Lipinski definition) is 1. The van der Waals surface area contributed by atoms with Crippen molar-refractivity contribution < 1.29 is 18.3 Å². The lowest BCUT2D eigenvalue weighted by Crippen LogP contribution is -2.06. The Bertz CT molecular complexity index is 585. The van der Waals surface area contributed by atoms with E-state index in [0.717, 1.165) is 17.7 Å². The van der Waals surface area contributed by atoms with Crippen molar-refractivity contribution in [1.29, 1.82) is 0 Å². The van der Waals surface area contributed by atoms with E-state index in [1.807, 2.05) is 6.92 Å². The Labute approximate surface area is 119 Å². The summed E-state index contributed by atoms with van der Waals surface area (Å²) < 4.78 is 37.4. The van der Waals surface area contributed by atoms with E-state index < -0.39 is 17.8 Å². The van der Waals surface area contributed by atoms with Crippen LogP contribution in [0.3, 0.4) is 0 Å². The van der Waals surface area contributed by atoms with Gasteiger partial charge in [-0.05, 0) is 47.9 Å². The number of aliphatic hydroxyl groups is 1. The number of rotatable bonds is 2. The first-order chi connectivity index (χ1) is 9.27. The minimum atomic E-state index is -4.38. The number of aryl methyl sites for hydroxylation is 1. The summed E-state index contributed by atoms with van der Waals surface area (Å²) in [5, 5.41) is 10.7. The predicted octanol–water partition coefficient (Wildman–Crippen LogP) is 4.75. The van der Waals surface area contributed by atoms with Gasteiger partial charge in [-0.2, -0.15) is 13.2 Å². The monoisotopic (exact) mass is 300 g/mol. The maximum Gasteiger partial charge on any atom is 0.416 e. The summed E-state index contributed by atoms with van der Waals surface area (Å²) in [4.78, 5) is 0. The van der Waals surface area contributed by atoms with E-state index in [-0.39, 0.29) is 0 Å². The molecule has 20 heavy (non-hydrogen) atoms. The third-order valence-corrected chi connectivity index (χ3v) is 3.15. The Morgan fingerprint density at radius 2 is 1.60 bits per heavy atom. The fourth-order valence-electron chi connectivity index (χ4n) is 1.97. The van der Waals surface area contributed by atoms with Crippen molar-refractivity contribution >= 4 is 11.6 Å². The standard InChI is InChI=1S/C15H12ClF3O/c1-9-6-11(8-13(16)7-9)14(20)10-2-4-12(5-3-10)15(17,18)19/h2-8,14,20H,1H3. The molecular formula is C15H12ClF3O. The second kappa shape index (κ2) is 5.46. The Morgan fingerprint density at radius 3 is 2.10 bits per heavy atom. The van der Waals surface area contributed by atoms with Gasteiger partial charge in [0.25, 0.3) is 0 Å². The molecule has 0 saturated carbocycles. The average molecular weight is 301 g/mol. The number of alkyl halides is 3. The van der Waals surface area contributed by atoms with E-state index in [4.69, 9.17) is 11.6 Å². The van der Waals surface area contributed by atoms with Crippen LogP contribution in [-0.4, -0.2) is 5.11 Å². The zero-order valence-corrected chi connectivity index (χ0v) is 11.3. The highest BCUT2D eigenvalue weighted by atomic mass is 35.5. The minimum absolute atomic E-state index is 0.389. The van der Waals surface area contributed by atoms with Crippen LogP contribution in [0.25, 0.3) is 0 Å². The van der Waals surface area contributed by atoms with Gasteiger partial charge in [0.15, 0.2) is 0 Å². The molecule has 0 fully saturated rings. The van der Waals surface area contributed by atoms with E-state index in [1.165, 1.54) is 12.1 Å². The highest BCUT2D eigenvalue weighted by Crippen LogP contribution is 2.31. The molecule has 0 spiro atoms. The first-order valence-corrected chi connectivity index (χ1v) is 6.27. The number of benzene rings is 2. The summed E-state index contributed by atoms with van der Waals surface area (Å²) in [5.74, 6) is 0. The van der Waals surface area contributed by atoms with Crippen LogP contribution < -0.4 is 0 Å². The molecule has 0 radical (unpaired) electrons. The van der Waals surface area contributed by atoms with E-state index in [2.05, 4.69) is 0 Å². The Hall–Kier alpha value is -1.52. The minimum Gasteiger partial charge on any atom is -0.384 e. The molecule has 1 atom stereocenters. The zero-order chi connectivity index (χ0) is 14.9. The van der Waals surface area contributed by atoms with Crippen molar-refractivity contribution in [2.45, 2.75) is 19.2 Å². The molecule has 0 bridgehead atoms. The summed E-state index contributed by atoms with van der Waals surface area (Å²) in [6.45, 7) is 1.83. The van der Waals surface area contributed by atoms with Crippen molar-refractivity contribution in [2.24, 2.45) is 0 Å². The molecule has 0 heterocycles. The summed E-state index contributed by atoms with van der Waals surface area (Å²) in [7, 11) is 0. The second-order valence-electron chi connectivity index (χ2n) is 4.58. The van der Waals surface area contributed by atoms with Gasteiger partial charge in [0.1, 0.15) is 6.10 Å². The van der Waals surface area contributed by atoms with Crippen molar-refractivity contribution in [1.82, 2.24) is 0 Å². The molecule has 0 amide bonds. The molecular weight excluding hydrogens is 289 g/mol. The van der Waals surface area contributed by atoms with Crippen LogP contribution in [0.5, 0.6) is 0 Å². The largest absolute Gasteiger partial charge is 0.416 e. The molecule has 0 aliphatic rings. The number of hydrogen-bond acceptors (Lipinski definition) is 1. The van der Waals surface area contributed by atoms with Gasteiger partial charge in [-0.25, -0.2) is 0 Å². The zero-order valence-electron chi connectivity index (χ0n) is 10.6. The molecule has 2 rings (SSSR count). The first-order valence-electron chi connectivity index (χ1n) is 5.89. The van der Waals surface area contributed by atoms with Gasteiger partial charge < -0.3 is 5.11 Å². The topological polar surface area (TPSA) is 20.2 Å². The molecule has 2 aromatic carbocycles. The van der Waals surface area contributed by atoms with E-state index in [0.29, 0.717) is 16.1 Å². The van der Waals surface area contributed by atoms with Gasteiger partial charge in [0.05, 0.1) is 5.56 Å². The van der Waals surface area contributed by atoms with Crippen LogP contribution in [0.2, 0.25) is 5.02 Å². The van der Waals surface area contributed by atoms with Gasteiger partial charge in [0.2, 0.25) is 0 Å². The first kappa shape index (κ1) is 14.9. The maximum absolute atomic E-state index is 12.5. The molecule has 1 nitrogen and oxygen atoms in total. The molecule has 0 aliphatic carbocycles. The SMILES string of the molecule is Cc1cc(Cl)cc(C(O)c2ccc(C(F)(F)F)cc2)c1. The van der Waals surface area contributed by atoms with Gasteiger partial charge in [0, 0.05) is 5.02 Å². The average Bonchev–Trinajstić information content (AvgIpc) is 2.36. The highest BCUT2D eigenvalue weighted by Gasteiger charge is 2.30. The lowest BCUT2D eigenvalue weighted by Gasteiger charge is -2.14. The molecule has 106 valence electrons. The summed E-state index contributed by atoms with van der Waals surface area (Å²) in [6, 6.07) is 9.52. The van der Waals surface area contributed by atoms with Crippen LogP contribution >= 0.6 is 11.6 Å². The normalized spacial score (nSPS) is 13.3. The quantitative estimate of drug-likeness (QED) is 0.848. The van der Waals surface area contributed by atoms with E-state index in [1.54, 1.807) is 18.2 Å². The molecule has 2 aromatic rings. The summed E-state index contributed by atoms with van der Waals surface area (Å²) in [5.41, 5.74) is 1.07. The van der Waals surface area contributed by atoms with Crippen molar-refractivity contribution in [3.8, 4) is 0 Å².